The molecule has 1 aromatic carbocycles. The van der Waals surface area contributed by atoms with Crippen molar-refractivity contribution in [3.8, 4) is 5.75 Å². The van der Waals surface area contributed by atoms with E-state index in [4.69, 9.17) is 10.5 Å². The van der Waals surface area contributed by atoms with Crippen molar-refractivity contribution in [2.75, 3.05) is 7.11 Å². The lowest BCUT2D eigenvalue weighted by molar-refractivity contribution is 0.104. The summed E-state index contributed by atoms with van der Waals surface area (Å²) >= 11 is 0. The first kappa shape index (κ1) is 14.0. The Balaban J connectivity index is 3.38. The highest BCUT2D eigenvalue weighted by molar-refractivity contribution is 5.50. The van der Waals surface area contributed by atoms with Gasteiger partial charge in [-0.2, -0.15) is 0 Å². The second-order valence-electron chi connectivity index (χ2n) is 5.29. The number of aliphatic hydroxyl groups excluding tert-OH is 1. The molecule has 0 amide bonds. The number of aliphatic hydroxyl groups is 1. The van der Waals surface area contributed by atoms with E-state index in [1.165, 1.54) is 0 Å². The van der Waals surface area contributed by atoms with Crippen molar-refractivity contribution < 1.29 is 9.84 Å². The van der Waals surface area contributed by atoms with Crippen LogP contribution in [0.15, 0.2) is 6.07 Å². The van der Waals surface area contributed by atoms with Gasteiger partial charge < -0.3 is 15.6 Å². The second kappa shape index (κ2) is 4.67. The first-order chi connectivity index (χ1) is 7.70. The highest BCUT2D eigenvalue weighted by Gasteiger charge is 2.27. The summed E-state index contributed by atoms with van der Waals surface area (Å²) in [6.45, 7) is 9.62. The summed E-state index contributed by atoms with van der Waals surface area (Å²) in [5.74, 6) is 0.883. The summed E-state index contributed by atoms with van der Waals surface area (Å²) in [6.07, 6.45) is -0.675. The molecule has 0 radical (unpaired) electrons. The minimum absolute atomic E-state index is 0.655. The molecule has 1 rings (SSSR count). The largest absolute Gasteiger partial charge is 0.496 e. The molecule has 0 saturated carbocycles. The molecule has 0 spiro atoms. The number of ether oxygens (including phenoxy) is 1. The molecular formula is C14H23NO2. The number of hydrogen-bond donors (Lipinski definition) is 2. The molecule has 17 heavy (non-hydrogen) atoms. The Labute approximate surface area is 104 Å². The monoisotopic (exact) mass is 237 g/mol. The highest BCUT2D eigenvalue weighted by Crippen LogP contribution is 2.34. The second-order valence-corrected chi connectivity index (χ2v) is 5.29. The zero-order valence-corrected chi connectivity index (χ0v) is 11.6. The van der Waals surface area contributed by atoms with Crippen LogP contribution in [0.4, 0.5) is 0 Å². The molecule has 0 aromatic heterocycles. The Bertz CT molecular complexity index is 419. The van der Waals surface area contributed by atoms with E-state index in [-0.39, 0.29) is 0 Å². The van der Waals surface area contributed by atoms with E-state index in [1.54, 1.807) is 7.11 Å². The van der Waals surface area contributed by atoms with Gasteiger partial charge in [-0.3, -0.25) is 0 Å². The van der Waals surface area contributed by atoms with Gasteiger partial charge in [0.2, 0.25) is 0 Å². The summed E-state index contributed by atoms with van der Waals surface area (Å²) in [6, 6.07) is 1.96. The number of methoxy groups -OCH3 is 1. The predicted molar refractivity (Wildman–Crippen MR) is 70.4 cm³/mol. The molecule has 3 nitrogen and oxygen atoms in total. The molecule has 0 bridgehead atoms. The molecule has 0 saturated heterocycles. The molecule has 0 fully saturated rings. The Morgan fingerprint density at radius 2 is 1.76 bits per heavy atom. The number of aryl methyl sites for hydroxylation is 1. The highest BCUT2D eigenvalue weighted by atomic mass is 16.5. The van der Waals surface area contributed by atoms with E-state index in [2.05, 4.69) is 0 Å². The number of nitrogens with two attached hydrogens (primary N) is 1. The molecule has 3 heteroatoms. The minimum Gasteiger partial charge on any atom is -0.496 e. The van der Waals surface area contributed by atoms with E-state index in [0.29, 0.717) is 0 Å². The van der Waals surface area contributed by atoms with E-state index in [1.807, 2.05) is 40.7 Å². The molecule has 3 N–H and O–H groups in total. The Kier molecular flexibility index (Phi) is 3.84. The maximum atomic E-state index is 10.3. The van der Waals surface area contributed by atoms with Gasteiger partial charge in [0.15, 0.2) is 0 Å². The maximum Gasteiger partial charge on any atom is 0.124 e. The Hall–Kier alpha value is -1.06. The molecular weight excluding hydrogens is 214 g/mol. The molecule has 0 heterocycles. The quantitative estimate of drug-likeness (QED) is 0.848. The summed E-state index contributed by atoms with van der Waals surface area (Å²) in [5.41, 5.74) is 9.32. The SMILES string of the molecule is COc1c(C)cc(C(O)C(C)(C)N)c(C)c1C. The van der Waals surface area contributed by atoms with Crippen LogP contribution in [0.2, 0.25) is 0 Å². The summed E-state index contributed by atoms with van der Waals surface area (Å²) < 4.78 is 5.36. The smallest absolute Gasteiger partial charge is 0.124 e. The van der Waals surface area contributed by atoms with E-state index in [9.17, 15) is 5.11 Å². The van der Waals surface area contributed by atoms with Crippen LogP contribution >= 0.6 is 0 Å². The van der Waals surface area contributed by atoms with Crippen LogP contribution in [0.5, 0.6) is 5.75 Å². The normalized spacial score (nSPS) is 13.6. The standard InChI is InChI=1S/C14H23NO2/c1-8-7-11(13(16)14(4,5)15)9(2)10(3)12(8)17-6/h7,13,16H,15H2,1-6H3. The van der Waals surface area contributed by atoms with E-state index in [0.717, 1.165) is 28.0 Å². The lowest BCUT2D eigenvalue weighted by Gasteiger charge is -2.29. The molecule has 1 atom stereocenters. The fourth-order valence-corrected chi connectivity index (χ4v) is 2.09. The lowest BCUT2D eigenvalue weighted by atomic mass is 9.87. The van der Waals surface area contributed by atoms with Crippen LogP contribution < -0.4 is 10.5 Å². The maximum absolute atomic E-state index is 10.3. The first-order valence-corrected chi connectivity index (χ1v) is 5.81. The van der Waals surface area contributed by atoms with Gasteiger partial charge in [0.1, 0.15) is 5.75 Å². The van der Waals surface area contributed by atoms with Gasteiger partial charge in [-0.25, -0.2) is 0 Å². The van der Waals surface area contributed by atoms with Crippen molar-refractivity contribution >= 4 is 0 Å². The predicted octanol–water partition coefficient (Wildman–Crippen LogP) is 2.39. The van der Waals surface area contributed by atoms with Gasteiger partial charge in [-0.15, -0.1) is 0 Å². The van der Waals surface area contributed by atoms with Crippen LogP contribution in [0.1, 0.15) is 42.2 Å². The average Bonchev–Trinajstić information content (AvgIpc) is 2.22. The van der Waals surface area contributed by atoms with Crippen molar-refractivity contribution in [2.24, 2.45) is 5.73 Å². The van der Waals surface area contributed by atoms with Crippen molar-refractivity contribution in [1.82, 2.24) is 0 Å². The average molecular weight is 237 g/mol. The van der Waals surface area contributed by atoms with E-state index < -0.39 is 11.6 Å². The van der Waals surface area contributed by atoms with Crippen molar-refractivity contribution in [3.63, 3.8) is 0 Å². The zero-order valence-electron chi connectivity index (χ0n) is 11.6. The molecule has 96 valence electrons. The third kappa shape index (κ3) is 2.61. The molecule has 1 unspecified atom stereocenters. The number of hydrogen-bond acceptors (Lipinski definition) is 3. The summed E-state index contributed by atoms with van der Waals surface area (Å²) in [5, 5.41) is 10.3. The number of rotatable bonds is 3. The fraction of sp³-hybridized carbons (Fsp3) is 0.571. The van der Waals surface area contributed by atoms with Gasteiger partial charge in [-0.1, -0.05) is 0 Å². The molecule has 0 aliphatic rings. The molecule has 0 aliphatic heterocycles. The van der Waals surface area contributed by atoms with Gasteiger partial charge in [-0.05, 0) is 62.9 Å². The van der Waals surface area contributed by atoms with Crippen LogP contribution in [0.25, 0.3) is 0 Å². The third-order valence-corrected chi connectivity index (χ3v) is 3.27. The van der Waals surface area contributed by atoms with Crippen molar-refractivity contribution in [3.05, 3.63) is 28.3 Å². The number of benzene rings is 1. The van der Waals surface area contributed by atoms with E-state index >= 15 is 0 Å². The summed E-state index contributed by atoms with van der Waals surface area (Å²) in [7, 11) is 1.66. The van der Waals surface area contributed by atoms with Crippen LogP contribution in [0, 0.1) is 20.8 Å². The lowest BCUT2D eigenvalue weighted by Crippen LogP contribution is -2.39. The van der Waals surface area contributed by atoms with Gasteiger partial charge in [0.25, 0.3) is 0 Å². The third-order valence-electron chi connectivity index (χ3n) is 3.27. The van der Waals surface area contributed by atoms with Crippen molar-refractivity contribution in [2.45, 2.75) is 46.3 Å². The fourth-order valence-electron chi connectivity index (χ4n) is 2.09. The first-order valence-electron chi connectivity index (χ1n) is 5.81. The Morgan fingerprint density at radius 1 is 1.24 bits per heavy atom. The molecule has 1 aromatic rings. The van der Waals surface area contributed by atoms with Crippen LogP contribution in [-0.2, 0) is 0 Å². The van der Waals surface area contributed by atoms with Crippen LogP contribution in [-0.4, -0.2) is 17.8 Å². The minimum atomic E-state index is -0.675. The van der Waals surface area contributed by atoms with Crippen LogP contribution in [0.3, 0.4) is 0 Å². The van der Waals surface area contributed by atoms with Gasteiger partial charge in [0.05, 0.1) is 13.2 Å². The molecule has 0 aliphatic carbocycles. The summed E-state index contributed by atoms with van der Waals surface area (Å²) in [4.78, 5) is 0. The Morgan fingerprint density at radius 3 is 2.18 bits per heavy atom. The zero-order chi connectivity index (χ0) is 13.4. The van der Waals surface area contributed by atoms with Gasteiger partial charge in [0, 0.05) is 5.54 Å². The van der Waals surface area contributed by atoms with Crippen molar-refractivity contribution in [1.29, 1.82) is 0 Å². The van der Waals surface area contributed by atoms with Gasteiger partial charge >= 0.3 is 0 Å². The topological polar surface area (TPSA) is 55.5 Å².